The summed E-state index contributed by atoms with van der Waals surface area (Å²) in [5, 5.41) is 0. The molecule has 0 aliphatic carbocycles. The van der Waals surface area contributed by atoms with Crippen LogP contribution in [0.4, 0.5) is 0 Å². The van der Waals surface area contributed by atoms with Crippen molar-refractivity contribution in [3.05, 3.63) is 65.7 Å². The highest BCUT2D eigenvalue weighted by atomic mass is 16.5. The molecule has 0 saturated heterocycles. The maximum Gasteiger partial charge on any atom is 0.214 e. The average molecular weight is 224 g/mol. The van der Waals surface area contributed by atoms with Crippen molar-refractivity contribution >= 4 is 5.78 Å². The summed E-state index contributed by atoms with van der Waals surface area (Å²) in [5.41, 5.74) is 0.672. The standard InChI is InChI=1S/C15H12O2/c1-15(11-7-3-2-4-8-11)14(16)12-9-5-6-10-13(12)17-15/h2-10H,1H3. The third kappa shape index (κ3) is 1.37. The van der Waals surface area contributed by atoms with Crippen LogP contribution < -0.4 is 4.74 Å². The van der Waals surface area contributed by atoms with Crippen molar-refractivity contribution in [2.75, 3.05) is 0 Å². The Bertz CT molecular complexity index is 574. The third-order valence-corrected chi connectivity index (χ3v) is 3.20. The number of rotatable bonds is 1. The second kappa shape index (κ2) is 3.45. The predicted molar refractivity (Wildman–Crippen MR) is 65.2 cm³/mol. The quantitative estimate of drug-likeness (QED) is 0.743. The van der Waals surface area contributed by atoms with E-state index in [2.05, 4.69) is 0 Å². The number of Topliss-reactive ketones (excluding diaryl/α,β-unsaturated/α-hetero) is 1. The predicted octanol–water partition coefficient (Wildman–Crippen LogP) is 3.18. The Kier molecular flexibility index (Phi) is 2.05. The number of para-hydroxylation sites is 1. The van der Waals surface area contributed by atoms with Gasteiger partial charge in [0.05, 0.1) is 5.56 Å². The largest absolute Gasteiger partial charge is 0.474 e. The fraction of sp³-hybridized carbons (Fsp3) is 0.133. The van der Waals surface area contributed by atoms with Gasteiger partial charge in [-0.1, -0.05) is 42.5 Å². The zero-order valence-electron chi connectivity index (χ0n) is 9.51. The van der Waals surface area contributed by atoms with Gasteiger partial charge in [-0.2, -0.15) is 0 Å². The van der Waals surface area contributed by atoms with Gasteiger partial charge in [0.25, 0.3) is 0 Å². The summed E-state index contributed by atoms with van der Waals surface area (Å²) in [7, 11) is 0. The van der Waals surface area contributed by atoms with Crippen LogP contribution in [0.2, 0.25) is 0 Å². The molecule has 1 heterocycles. The van der Waals surface area contributed by atoms with E-state index < -0.39 is 5.60 Å². The highest BCUT2D eigenvalue weighted by Crippen LogP contribution is 2.40. The summed E-state index contributed by atoms with van der Waals surface area (Å²) in [6, 6.07) is 17.0. The van der Waals surface area contributed by atoms with Crippen LogP contribution in [0.1, 0.15) is 22.8 Å². The Balaban J connectivity index is 2.12. The van der Waals surface area contributed by atoms with E-state index in [1.54, 1.807) is 0 Å². The van der Waals surface area contributed by atoms with Gasteiger partial charge < -0.3 is 4.74 Å². The Morgan fingerprint density at radius 1 is 0.941 bits per heavy atom. The summed E-state index contributed by atoms with van der Waals surface area (Å²) in [5.74, 6) is 0.697. The topological polar surface area (TPSA) is 26.3 Å². The molecule has 2 nitrogen and oxygen atoms in total. The van der Waals surface area contributed by atoms with Crippen molar-refractivity contribution in [1.29, 1.82) is 0 Å². The maximum absolute atomic E-state index is 12.4. The smallest absolute Gasteiger partial charge is 0.214 e. The van der Waals surface area contributed by atoms with Gasteiger partial charge in [-0.3, -0.25) is 4.79 Å². The molecule has 0 N–H and O–H groups in total. The number of carbonyl (C=O) groups is 1. The molecular weight excluding hydrogens is 212 g/mol. The van der Waals surface area contributed by atoms with Crippen molar-refractivity contribution in [2.24, 2.45) is 0 Å². The van der Waals surface area contributed by atoms with Crippen LogP contribution in [0.15, 0.2) is 54.6 Å². The normalized spacial score (nSPS) is 22.1. The molecule has 1 aliphatic rings. The summed E-state index contributed by atoms with van der Waals surface area (Å²) in [6.07, 6.45) is 0. The van der Waals surface area contributed by atoms with Gasteiger partial charge in [-0.15, -0.1) is 0 Å². The molecule has 2 aromatic carbocycles. The first-order chi connectivity index (χ1) is 8.22. The summed E-state index contributed by atoms with van der Waals surface area (Å²) in [4.78, 5) is 12.4. The second-order valence-corrected chi connectivity index (χ2v) is 4.33. The number of ketones is 1. The van der Waals surface area contributed by atoms with Crippen molar-refractivity contribution < 1.29 is 9.53 Å². The first-order valence-corrected chi connectivity index (χ1v) is 5.60. The molecule has 2 aromatic rings. The summed E-state index contributed by atoms with van der Waals surface area (Å²) in [6.45, 7) is 1.82. The van der Waals surface area contributed by atoms with Crippen LogP contribution in [-0.2, 0) is 5.60 Å². The van der Waals surface area contributed by atoms with Crippen LogP contribution in [0.25, 0.3) is 0 Å². The molecule has 1 aliphatic heterocycles. The zero-order valence-corrected chi connectivity index (χ0v) is 9.51. The van der Waals surface area contributed by atoms with Crippen molar-refractivity contribution in [1.82, 2.24) is 0 Å². The van der Waals surface area contributed by atoms with Gasteiger partial charge in [0.1, 0.15) is 5.75 Å². The van der Waals surface area contributed by atoms with E-state index in [0.717, 1.165) is 5.56 Å². The first-order valence-electron chi connectivity index (χ1n) is 5.60. The second-order valence-electron chi connectivity index (χ2n) is 4.33. The highest BCUT2D eigenvalue weighted by Gasteiger charge is 2.44. The van der Waals surface area contributed by atoms with E-state index in [1.165, 1.54) is 0 Å². The third-order valence-electron chi connectivity index (χ3n) is 3.20. The Morgan fingerprint density at radius 3 is 2.29 bits per heavy atom. The van der Waals surface area contributed by atoms with E-state index in [9.17, 15) is 4.79 Å². The minimum Gasteiger partial charge on any atom is -0.474 e. The molecule has 0 amide bonds. The lowest BCUT2D eigenvalue weighted by Crippen LogP contribution is -2.33. The maximum atomic E-state index is 12.4. The van der Waals surface area contributed by atoms with Gasteiger partial charge in [0, 0.05) is 5.56 Å². The molecule has 0 bridgehead atoms. The molecule has 2 heteroatoms. The first kappa shape index (κ1) is 10.1. The number of benzene rings is 2. The van der Waals surface area contributed by atoms with Crippen molar-refractivity contribution in [3.63, 3.8) is 0 Å². The molecule has 17 heavy (non-hydrogen) atoms. The zero-order chi connectivity index (χ0) is 11.9. The van der Waals surface area contributed by atoms with Crippen LogP contribution in [0, 0.1) is 0 Å². The molecule has 0 aromatic heterocycles. The molecule has 0 spiro atoms. The minimum atomic E-state index is -0.884. The van der Waals surface area contributed by atoms with E-state index >= 15 is 0 Å². The summed E-state index contributed by atoms with van der Waals surface area (Å²) >= 11 is 0. The van der Waals surface area contributed by atoms with E-state index in [0.29, 0.717) is 11.3 Å². The number of ether oxygens (including phenoxy) is 1. The Labute approximate surface area is 99.9 Å². The molecule has 0 radical (unpaired) electrons. The Hall–Kier alpha value is -2.09. The average Bonchev–Trinajstić information content (AvgIpc) is 2.65. The molecule has 0 fully saturated rings. The van der Waals surface area contributed by atoms with Gasteiger partial charge in [-0.25, -0.2) is 0 Å². The minimum absolute atomic E-state index is 0.0271. The van der Waals surface area contributed by atoms with E-state index in [4.69, 9.17) is 4.74 Å². The molecule has 84 valence electrons. The van der Waals surface area contributed by atoms with Crippen LogP contribution in [-0.4, -0.2) is 5.78 Å². The fourth-order valence-electron chi connectivity index (χ4n) is 2.21. The van der Waals surface area contributed by atoms with E-state index in [-0.39, 0.29) is 5.78 Å². The summed E-state index contributed by atoms with van der Waals surface area (Å²) < 4.78 is 5.84. The van der Waals surface area contributed by atoms with Crippen LogP contribution in [0.5, 0.6) is 5.75 Å². The van der Waals surface area contributed by atoms with Gasteiger partial charge in [0.2, 0.25) is 5.78 Å². The molecule has 1 unspecified atom stereocenters. The Morgan fingerprint density at radius 2 is 1.59 bits per heavy atom. The molecule has 1 atom stereocenters. The SMILES string of the molecule is CC1(c2ccccc2)Oc2ccccc2C1=O. The number of hydrogen-bond donors (Lipinski definition) is 0. The van der Waals surface area contributed by atoms with Crippen molar-refractivity contribution in [3.8, 4) is 5.75 Å². The number of carbonyl (C=O) groups excluding carboxylic acids is 1. The highest BCUT2D eigenvalue weighted by molar-refractivity contribution is 6.07. The van der Waals surface area contributed by atoms with Gasteiger partial charge in [-0.05, 0) is 19.1 Å². The van der Waals surface area contributed by atoms with E-state index in [1.807, 2.05) is 61.5 Å². The van der Waals surface area contributed by atoms with Crippen LogP contribution >= 0.6 is 0 Å². The van der Waals surface area contributed by atoms with Crippen molar-refractivity contribution in [2.45, 2.75) is 12.5 Å². The number of hydrogen-bond acceptors (Lipinski definition) is 2. The number of fused-ring (bicyclic) bond motifs is 1. The molecule has 0 saturated carbocycles. The lowest BCUT2D eigenvalue weighted by atomic mass is 9.90. The lowest BCUT2D eigenvalue weighted by Gasteiger charge is -2.22. The van der Waals surface area contributed by atoms with Crippen LogP contribution in [0.3, 0.4) is 0 Å². The fourth-order valence-corrected chi connectivity index (χ4v) is 2.21. The monoisotopic (exact) mass is 224 g/mol. The molecular formula is C15H12O2. The lowest BCUT2D eigenvalue weighted by molar-refractivity contribution is 0.0619. The van der Waals surface area contributed by atoms with Gasteiger partial charge in [0.15, 0.2) is 5.60 Å². The van der Waals surface area contributed by atoms with Gasteiger partial charge >= 0.3 is 0 Å². The molecule has 3 rings (SSSR count).